The standard InChI is InChI=1S/C22H26N2O6/c1-28-12-6-10-21-11-9-17(26)24-15-8-5-4-7-14(15)18(19(21)24)22(23-30-3,16(25)13-21)20(27)29-2/h4-5,7-8,23H,6,9-13H2,1-3H3/t21-,22-/m1/s1. The first kappa shape index (κ1) is 20.7. The van der Waals surface area contributed by atoms with Crippen LogP contribution in [0.25, 0.3) is 10.9 Å². The van der Waals surface area contributed by atoms with Crippen LogP contribution in [0.5, 0.6) is 0 Å². The van der Waals surface area contributed by atoms with Crippen LogP contribution in [0.2, 0.25) is 0 Å². The highest BCUT2D eigenvalue weighted by atomic mass is 16.6. The molecule has 0 bridgehead atoms. The topological polar surface area (TPSA) is 95.9 Å². The van der Waals surface area contributed by atoms with Gasteiger partial charge in [-0.1, -0.05) is 18.2 Å². The molecule has 0 saturated carbocycles. The fourth-order valence-corrected chi connectivity index (χ4v) is 5.27. The average Bonchev–Trinajstić information content (AvgIpc) is 3.11. The van der Waals surface area contributed by atoms with E-state index >= 15 is 0 Å². The van der Waals surface area contributed by atoms with Crippen molar-refractivity contribution in [2.24, 2.45) is 0 Å². The maximum atomic E-state index is 13.7. The zero-order chi connectivity index (χ0) is 21.5. The zero-order valence-electron chi connectivity index (χ0n) is 17.4. The van der Waals surface area contributed by atoms with Gasteiger partial charge in [-0.2, -0.15) is 5.48 Å². The van der Waals surface area contributed by atoms with Crippen molar-refractivity contribution in [3.63, 3.8) is 0 Å². The second kappa shape index (κ2) is 7.61. The second-order valence-electron chi connectivity index (χ2n) is 7.99. The quantitative estimate of drug-likeness (QED) is 0.321. The van der Waals surface area contributed by atoms with Gasteiger partial charge in [0.05, 0.1) is 19.7 Å². The van der Waals surface area contributed by atoms with Gasteiger partial charge in [0.15, 0.2) is 5.78 Å². The van der Waals surface area contributed by atoms with E-state index in [0.717, 1.165) is 6.42 Å². The number of benzene rings is 1. The third-order valence-electron chi connectivity index (χ3n) is 6.49. The molecule has 1 aromatic heterocycles. The van der Waals surface area contributed by atoms with Crippen molar-refractivity contribution in [1.82, 2.24) is 10.0 Å². The highest BCUT2D eigenvalue weighted by Crippen LogP contribution is 2.54. The molecule has 0 radical (unpaired) electrons. The van der Waals surface area contributed by atoms with Gasteiger partial charge in [0.25, 0.3) is 0 Å². The summed E-state index contributed by atoms with van der Waals surface area (Å²) in [6, 6.07) is 7.35. The van der Waals surface area contributed by atoms with Crippen molar-refractivity contribution in [2.75, 3.05) is 27.9 Å². The molecule has 2 aliphatic rings. The minimum Gasteiger partial charge on any atom is -0.467 e. The summed E-state index contributed by atoms with van der Waals surface area (Å²) >= 11 is 0. The van der Waals surface area contributed by atoms with Crippen molar-refractivity contribution >= 4 is 28.6 Å². The van der Waals surface area contributed by atoms with Gasteiger partial charge in [-0.05, 0) is 25.3 Å². The Morgan fingerprint density at radius 1 is 1.20 bits per heavy atom. The largest absolute Gasteiger partial charge is 0.467 e. The molecular formula is C22H26N2O6. The maximum absolute atomic E-state index is 13.7. The summed E-state index contributed by atoms with van der Waals surface area (Å²) in [5, 5.41) is 0.668. The molecule has 1 aliphatic heterocycles. The van der Waals surface area contributed by atoms with Gasteiger partial charge in [-0.15, -0.1) is 0 Å². The molecule has 1 N–H and O–H groups in total. The Labute approximate surface area is 174 Å². The minimum atomic E-state index is -1.83. The number of ether oxygens (including phenoxy) is 2. The summed E-state index contributed by atoms with van der Waals surface area (Å²) in [5.74, 6) is -1.12. The lowest BCUT2D eigenvalue weighted by atomic mass is 9.61. The molecule has 0 saturated heterocycles. The number of hydroxylamine groups is 1. The van der Waals surface area contributed by atoms with Crippen LogP contribution >= 0.6 is 0 Å². The number of para-hydroxylation sites is 1. The Hall–Kier alpha value is -2.55. The number of esters is 1. The Bertz CT molecular complexity index is 1030. The molecule has 0 unspecified atom stereocenters. The van der Waals surface area contributed by atoms with Gasteiger partial charge in [0.1, 0.15) is 0 Å². The van der Waals surface area contributed by atoms with Gasteiger partial charge in [-0.25, -0.2) is 4.79 Å². The molecule has 0 spiro atoms. The van der Waals surface area contributed by atoms with E-state index in [9.17, 15) is 14.4 Å². The number of fused-ring (bicyclic) bond motifs is 3. The van der Waals surface area contributed by atoms with E-state index in [2.05, 4.69) is 5.48 Å². The van der Waals surface area contributed by atoms with Gasteiger partial charge in [0.2, 0.25) is 11.4 Å². The first-order valence-electron chi connectivity index (χ1n) is 10.0. The summed E-state index contributed by atoms with van der Waals surface area (Å²) in [5.41, 5.74) is 2.14. The molecule has 0 amide bonds. The molecule has 2 atom stereocenters. The van der Waals surface area contributed by atoms with E-state index in [1.54, 1.807) is 11.7 Å². The van der Waals surface area contributed by atoms with Crippen molar-refractivity contribution in [2.45, 2.75) is 43.1 Å². The predicted octanol–water partition coefficient (Wildman–Crippen LogP) is 2.23. The van der Waals surface area contributed by atoms with Crippen LogP contribution in [0, 0.1) is 0 Å². The summed E-state index contributed by atoms with van der Waals surface area (Å²) in [6.45, 7) is 0.553. The van der Waals surface area contributed by atoms with E-state index in [4.69, 9.17) is 14.3 Å². The third-order valence-corrected chi connectivity index (χ3v) is 6.49. The number of nitrogens with one attached hydrogen (secondary N) is 1. The van der Waals surface area contributed by atoms with Crippen LogP contribution in [0.15, 0.2) is 24.3 Å². The fourth-order valence-electron chi connectivity index (χ4n) is 5.27. The number of Topliss-reactive ketones (excluding diaryl/α,β-unsaturated/α-hetero) is 1. The SMILES string of the molecule is COCCC[C@]12CCC(=O)n3c1c(c1ccccc13)[C@@](NOC)(C(=O)OC)C(=O)C2. The lowest BCUT2D eigenvalue weighted by Crippen LogP contribution is -2.61. The molecule has 4 rings (SSSR count). The van der Waals surface area contributed by atoms with Gasteiger partial charge >= 0.3 is 5.97 Å². The van der Waals surface area contributed by atoms with Gasteiger partial charge in [0, 0.05) is 48.6 Å². The van der Waals surface area contributed by atoms with Crippen molar-refractivity contribution in [3.8, 4) is 0 Å². The van der Waals surface area contributed by atoms with Gasteiger partial charge in [-0.3, -0.25) is 14.2 Å². The lowest BCUT2D eigenvalue weighted by Gasteiger charge is -2.46. The lowest BCUT2D eigenvalue weighted by molar-refractivity contribution is -0.163. The molecule has 0 fully saturated rings. The Balaban J connectivity index is 2.10. The number of carbonyl (C=O) groups excluding carboxylic acids is 3. The molecule has 2 heterocycles. The number of ketones is 1. The third kappa shape index (κ3) is 2.67. The van der Waals surface area contributed by atoms with E-state index in [1.165, 1.54) is 14.2 Å². The van der Waals surface area contributed by atoms with E-state index in [1.807, 2.05) is 24.3 Å². The molecule has 8 heteroatoms. The molecule has 1 aliphatic carbocycles. The highest BCUT2D eigenvalue weighted by molar-refractivity contribution is 6.15. The van der Waals surface area contributed by atoms with E-state index in [0.29, 0.717) is 48.0 Å². The van der Waals surface area contributed by atoms with Crippen LogP contribution in [-0.2, 0) is 34.9 Å². The molecule has 160 valence electrons. The molecular weight excluding hydrogens is 388 g/mol. The highest BCUT2D eigenvalue weighted by Gasteiger charge is 2.61. The smallest absolute Gasteiger partial charge is 0.340 e. The first-order chi connectivity index (χ1) is 14.5. The predicted molar refractivity (Wildman–Crippen MR) is 108 cm³/mol. The monoisotopic (exact) mass is 414 g/mol. The summed E-state index contributed by atoms with van der Waals surface area (Å²) in [6.07, 6.45) is 2.41. The number of rotatable bonds is 7. The molecule has 8 nitrogen and oxygen atoms in total. The minimum absolute atomic E-state index is 0.0413. The summed E-state index contributed by atoms with van der Waals surface area (Å²) in [4.78, 5) is 44.9. The fraction of sp³-hybridized carbons (Fsp3) is 0.500. The van der Waals surface area contributed by atoms with Crippen molar-refractivity contribution < 1.29 is 28.7 Å². The molecule has 2 aromatic rings. The zero-order valence-corrected chi connectivity index (χ0v) is 17.4. The summed E-state index contributed by atoms with van der Waals surface area (Å²) in [7, 11) is 4.24. The second-order valence-corrected chi connectivity index (χ2v) is 7.99. The van der Waals surface area contributed by atoms with Crippen LogP contribution in [0.4, 0.5) is 0 Å². The van der Waals surface area contributed by atoms with Gasteiger partial charge < -0.3 is 14.3 Å². The van der Waals surface area contributed by atoms with Crippen LogP contribution in [0.1, 0.15) is 48.2 Å². The summed E-state index contributed by atoms with van der Waals surface area (Å²) < 4.78 is 12.0. The number of hydrogen-bond acceptors (Lipinski definition) is 7. The Morgan fingerprint density at radius 3 is 2.67 bits per heavy atom. The number of nitrogens with zero attached hydrogens (tertiary/aromatic N) is 1. The number of methoxy groups -OCH3 is 2. The van der Waals surface area contributed by atoms with Crippen LogP contribution < -0.4 is 5.48 Å². The van der Waals surface area contributed by atoms with Crippen molar-refractivity contribution in [3.05, 3.63) is 35.5 Å². The Morgan fingerprint density at radius 2 is 1.97 bits per heavy atom. The average molecular weight is 414 g/mol. The normalized spacial score (nSPS) is 25.4. The molecule has 1 aromatic carbocycles. The van der Waals surface area contributed by atoms with Crippen LogP contribution in [-0.4, -0.2) is 50.2 Å². The van der Waals surface area contributed by atoms with E-state index < -0.39 is 16.9 Å². The van der Waals surface area contributed by atoms with Crippen LogP contribution in [0.3, 0.4) is 0 Å². The van der Waals surface area contributed by atoms with E-state index in [-0.39, 0.29) is 18.1 Å². The van der Waals surface area contributed by atoms with Crippen molar-refractivity contribution in [1.29, 1.82) is 0 Å². The number of hydrogen-bond donors (Lipinski definition) is 1. The maximum Gasteiger partial charge on any atom is 0.340 e. The Kier molecular flexibility index (Phi) is 5.25. The molecule has 30 heavy (non-hydrogen) atoms. The number of aromatic nitrogens is 1. The number of carbonyl (C=O) groups is 3. The first-order valence-corrected chi connectivity index (χ1v) is 10.0.